The number of likely N-dealkylation sites (tertiary alicyclic amines) is 1. The van der Waals surface area contributed by atoms with E-state index in [0.29, 0.717) is 49.6 Å². The van der Waals surface area contributed by atoms with Crippen molar-refractivity contribution in [1.29, 1.82) is 0 Å². The largest absolute Gasteiger partial charge is 0.437 e. The minimum Gasteiger partial charge on any atom is -0.437 e. The number of aromatic nitrogens is 1. The Kier molecular flexibility index (Phi) is 5.27. The van der Waals surface area contributed by atoms with Gasteiger partial charge >= 0.3 is 5.91 Å². The summed E-state index contributed by atoms with van der Waals surface area (Å²) in [6.45, 7) is 2.08. The van der Waals surface area contributed by atoms with Crippen molar-refractivity contribution in [1.82, 2.24) is 14.8 Å². The Bertz CT molecular complexity index is 906. The SMILES string of the molecule is CO[C@@H]1CCN(C(=O)c2nc3c(o2)CCN(C(=O)c2ccc(N(C)C)cc2)C3)C1. The molecule has 0 unspecified atom stereocenters. The van der Waals surface area contributed by atoms with Crippen LogP contribution in [0.4, 0.5) is 5.69 Å². The highest BCUT2D eigenvalue weighted by atomic mass is 16.5. The van der Waals surface area contributed by atoms with Gasteiger partial charge in [0.2, 0.25) is 0 Å². The Morgan fingerprint density at radius 1 is 1.14 bits per heavy atom. The lowest BCUT2D eigenvalue weighted by Gasteiger charge is -2.25. The quantitative estimate of drug-likeness (QED) is 0.782. The maximum Gasteiger partial charge on any atom is 0.309 e. The molecule has 1 atom stereocenters. The molecule has 1 aromatic heterocycles. The second kappa shape index (κ2) is 7.87. The van der Waals surface area contributed by atoms with E-state index in [2.05, 4.69) is 4.98 Å². The van der Waals surface area contributed by atoms with Gasteiger partial charge in [-0.25, -0.2) is 4.98 Å². The van der Waals surface area contributed by atoms with Crippen LogP contribution in [0.1, 0.15) is 38.9 Å². The van der Waals surface area contributed by atoms with Crippen LogP contribution in [0.15, 0.2) is 28.7 Å². The number of ether oxygens (including phenoxy) is 1. The van der Waals surface area contributed by atoms with Crippen molar-refractivity contribution in [3.8, 4) is 0 Å². The first-order valence-corrected chi connectivity index (χ1v) is 9.83. The zero-order valence-corrected chi connectivity index (χ0v) is 17.1. The summed E-state index contributed by atoms with van der Waals surface area (Å²) in [4.78, 5) is 35.4. The molecular weight excluding hydrogens is 372 g/mol. The lowest BCUT2D eigenvalue weighted by Crippen LogP contribution is -2.35. The van der Waals surface area contributed by atoms with Crippen LogP contribution in [-0.2, 0) is 17.7 Å². The van der Waals surface area contributed by atoms with Crippen molar-refractivity contribution < 1.29 is 18.7 Å². The van der Waals surface area contributed by atoms with Crippen LogP contribution in [0, 0.1) is 0 Å². The summed E-state index contributed by atoms with van der Waals surface area (Å²) >= 11 is 0. The topological polar surface area (TPSA) is 79.1 Å². The van der Waals surface area contributed by atoms with E-state index < -0.39 is 0 Å². The third-order valence-electron chi connectivity index (χ3n) is 5.59. The van der Waals surface area contributed by atoms with Crippen LogP contribution in [0.25, 0.3) is 0 Å². The molecule has 0 saturated carbocycles. The fourth-order valence-electron chi connectivity index (χ4n) is 3.79. The third kappa shape index (κ3) is 3.85. The molecule has 1 aromatic carbocycles. The van der Waals surface area contributed by atoms with Gasteiger partial charge in [0.1, 0.15) is 11.5 Å². The normalized spacial score (nSPS) is 18.7. The molecule has 3 heterocycles. The van der Waals surface area contributed by atoms with Gasteiger partial charge in [0.15, 0.2) is 0 Å². The zero-order chi connectivity index (χ0) is 20.5. The number of rotatable bonds is 4. The average molecular weight is 398 g/mol. The van der Waals surface area contributed by atoms with Gasteiger partial charge in [-0.3, -0.25) is 9.59 Å². The molecule has 1 saturated heterocycles. The van der Waals surface area contributed by atoms with Crippen LogP contribution < -0.4 is 4.90 Å². The van der Waals surface area contributed by atoms with Crippen LogP contribution in [0.5, 0.6) is 0 Å². The molecule has 2 amide bonds. The van der Waals surface area contributed by atoms with E-state index in [1.807, 2.05) is 43.3 Å². The van der Waals surface area contributed by atoms with Gasteiger partial charge in [0.25, 0.3) is 11.8 Å². The lowest BCUT2D eigenvalue weighted by atomic mass is 10.1. The molecule has 0 N–H and O–H groups in total. The van der Waals surface area contributed by atoms with Gasteiger partial charge in [0, 0.05) is 58.5 Å². The lowest BCUT2D eigenvalue weighted by molar-refractivity contribution is 0.0683. The Morgan fingerprint density at radius 2 is 1.90 bits per heavy atom. The van der Waals surface area contributed by atoms with Crippen LogP contribution in [-0.4, -0.2) is 73.5 Å². The van der Waals surface area contributed by atoms with E-state index >= 15 is 0 Å². The summed E-state index contributed by atoms with van der Waals surface area (Å²) in [5.74, 6) is 0.551. The number of anilines is 1. The molecule has 8 heteroatoms. The standard InChI is InChI=1S/C21H26N4O4/c1-23(2)15-6-4-14(5-7-15)20(26)25-11-9-18-17(13-25)22-19(29-18)21(27)24-10-8-16(12-24)28-3/h4-7,16H,8-13H2,1-3H3/t16-/m1/s1. The molecule has 2 aliphatic heterocycles. The minimum absolute atomic E-state index is 0.0423. The van der Waals surface area contributed by atoms with Gasteiger partial charge in [-0.05, 0) is 30.7 Å². The Balaban J connectivity index is 1.45. The summed E-state index contributed by atoms with van der Waals surface area (Å²) < 4.78 is 11.1. The number of methoxy groups -OCH3 is 1. The van der Waals surface area contributed by atoms with Crippen LogP contribution in [0.3, 0.4) is 0 Å². The van der Waals surface area contributed by atoms with Crippen LogP contribution >= 0.6 is 0 Å². The fraction of sp³-hybridized carbons (Fsp3) is 0.476. The summed E-state index contributed by atoms with van der Waals surface area (Å²) in [7, 11) is 5.58. The van der Waals surface area contributed by atoms with E-state index in [9.17, 15) is 9.59 Å². The number of hydrogen-bond acceptors (Lipinski definition) is 6. The number of carbonyl (C=O) groups excluding carboxylic acids is 2. The fourth-order valence-corrected chi connectivity index (χ4v) is 3.79. The van der Waals surface area contributed by atoms with E-state index in [4.69, 9.17) is 9.15 Å². The first-order valence-electron chi connectivity index (χ1n) is 9.83. The van der Waals surface area contributed by atoms with Gasteiger partial charge in [-0.15, -0.1) is 0 Å². The highest BCUT2D eigenvalue weighted by Gasteiger charge is 2.32. The molecule has 4 rings (SSSR count). The molecule has 0 bridgehead atoms. The highest BCUT2D eigenvalue weighted by molar-refractivity contribution is 5.94. The summed E-state index contributed by atoms with van der Waals surface area (Å²) in [5, 5.41) is 0. The summed E-state index contributed by atoms with van der Waals surface area (Å²) in [6, 6.07) is 7.53. The monoisotopic (exact) mass is 398 g/mol. The van der Waals surface area contributed by atoms with Crippen molar-refractivity contribution in [2.75, 3.05) is 45.7 Å². The van der Waals surface area contributed by atoms with Crippen molar-refractivity contribution in [3.63, 3.8) is 0 Å². The number of amides is 2. The van der Waals surface area contributed by atoms with Gasteiger partial charge in [-0.1, -0.05) is 0 Å². The van der Waals surface area contributed by atoms with Crippen molar-refractivity contribution >= 4 is 17.5 Å². The van der Waals surface area contributed by atoms with E-state index in [1.165, 1.54) is 0 Å². The van der Waals surface area contributed by atoms with E-state index in [-0.39, 0.29) is 23.8 Å². The molecule has 154 valence electrons. The first-order chi connectivity index (χ1) is 14.0. The first kappa shape index (κ1) is 19.4. The van der Waals surface area contributed by atoms with Gasteiger partial charge in [-0.2, -0.15) is 0 Å². The Morgan fingerprint density at radius 3 is 2.55 bits per heavy atom. The minimum atomic E-state index is -0.212. The molecule has 1 fully saturated rings. The Labute approximate surface area is 170 Å². The van der Waals surface area contributed by atoms with Crippen molar-refractivity contribution in [3.05, 3.63) is 47.2 Å². The zero-order valence-electron chi connectivity index (χ0n) is 17.1. The van der Waals surface area contributed by atoms with E-state index in [1.54, 1.807) is 16.9 Å². The number of benzene rings is 1. The van der Waals surface area contributed by atoms with Gasteiger partial charge in [0.05, 0.1) is 12.6 Å². The molecule has 0 radical (unpaired) electrons. The van der Waals surface area contributed by atoms with Crippen molar-refractivity contribution in [2.24, 2.45) is 0 Å². The van der Waals surface area contributed by atoms with Crippen LogP contribution in [0.2, 0.25) is 0 Å². The number of nitrogens with zero attached hydrogens (tertiary/aromatic N) is 4. The summed E-state index contributed by atoms with van der Waals surface area (Å²) in [5.41, 5.74) is 2.35. The molecule has 2 aliphatic rings. The molecule has 8 nitrogen and oxygen atoms in total. The van der Waals surface area contributed by atoms with Crippen molar-refractivity contribution in [2.45, 2.75) is 25.5 Å². The second-order valence-electron chi connectivity index (χ2n) is 7.70. The number of hydrogen-bond donors (Lipinski definition) is 0. The average Bonchev–Trinajstić information content (AvgIpc) is 3.39. The van der Waals surface area contributed by atoms with Gasteiger partial charge < -0.3 is 23.9 Å². The number of fused-ring (bicyclic) bond motifs is 1. The maximum absolute atomic E-state index is 12.9. The van der Waals surface area contributed by atoms with E-state index in [0.717, 1.165) is 12.1 Å². The molecule has 0 spiro atoms. The second-order valence-corrected chi connectivity index (χ2v) is 7.70. The third-order valence-corrected chi connectivity index (χ3v) is 5.59. The number of oxazole rings is 1. The predicted octanol–water partition coefficient (Wildman–Crippen LogP) is 1.80. The molecular formula is C21H26N4O4. The Hall–Kier alpha value is -2.87. The maximum atomic E-state index is 12.9. The number of carbonyl (C=O) groups is 2. The molecule has 0 aliphatic carbocycles. The highest BCUT2D eigenvalue weighted by Crippen LogP contribution is 2.24. The smallest absolute Gasteiger partial charge is 0.309 e. The predicted molar refractivity (Wildman–Crippen MR) is 107 cm³/mol. The molecule has 2 aromatic rings. The summed E-state index contributed by atoms with van der Waals surface area (Å²) in [6.07, 6.45) is 1.44. The molecule has 29 heavy (non-hydrogen) atoms.